The van der Waals surface area contributed by atoms with E-state index in [1.165, 1.54) is 12.5 Å². The van der Waals surface area contributed by atoms with E-state index in [0.29, 0.717) is 0 Å². The van der Waals surface area contributed by atoms with Crippen LogP contribution in [0.25, 0.3) is 0 Å². The van der Waals surface area contributed by atoms with E-state index >= 15 is 0 Å². The molecule has 1 nitrogen and oxygen atoms in total. The molecule has 0 aliphatic rings. The minimum atomic E-state index is 1.31. The number of ether oxygens (including phenoxy) is 1. The molecule has 0 heterocycles. The number of hydrogen-bond donors (Lipinski definition) is 0. The lowest BCUT2D eigenvalue weighted by Crippen LogP contribution is -1.52. The summed E-state index contributed by atoms with van der Waals surface area (Å²) in [5.41, 5.74) is 2.56. The minimum absolute atomic E-state index is 1.31. The minimum Gasteiger partial charge on any atom is -0.474 e. The average Bonchev–Trinajstić information content (AvgIpc) is 1.91. The third-order valence-corrected chi connectivity index (χ3v) is 0.397. The maximum Gasteiger partial charge on any atom is 0.0829 e. The molecular formula is C8H12O. The zero-order chi connectivity index (χ0) is 7.54. The first-order valence-corrected chi connectivity index (χ1v) is 2.51. The molecule has 0 rings (SSSR count). The molecule has 0 aliphatic heterocycles. The van der Waals surface area contributed by atoms with E-state index < -0.39 is 0 Å². The van der Waals surface area contributed by atoms with Crippen LogP contribution >= 0.6 is 0 Å². The third kappa shape index (κ3) is 48.4. The summed E-state index contributed by atoms with van der Waals surface area (Å²) in [6.45, 7) is 11.7. The van der Waals surface area contributed by atoms with Gasteiger partial charge in [-0.2, -0.15) is 0 Å². The van der Waals surface area contributed by atoms with Gasteiger partial charge < -0.3 is 4.74 Å². The first-order chi connectivity index (χ1) is 4.33. The summed E-state index contributed by atoms with van der Waals surface area (Å²) >= 11 is 0. The van der Waals surface area contributed by atoms with E-state index in [-0.39, 0.29) is 0 Å². The fraction of sp³-hybridized carbons (Fsp3) is 0.125. The van der Waals surface area contributed by atoms with Gasteiger partial charge in [0.15, 0.2) is 0 Å². The smallest absolute Gasteiger partial charge is 0.0829 e. The van der Waals surface area contributed by atoms with Crippen molar-refractivity contribution in [1.29, 1.82) is 0 Å². The Hall–Kier alpha value is -1.20. The van der Waals surface area contributed by atoms with Crippen LogP contribution in [0.1, 0.15) is 6.92 Å². The third-order valence-electron chi connectivity index (χ3n) is 0.397. The second kappa shape index (κ2) is 15.8. The molecule has 1 heteroatoms. The lowest BCUT2D eigenvalue weighted by Gasteiger charge is -1.76. The molecule has 0 aromatic heterocycles. The van der Waals surface area contributed by atoms with Crippen molar-refractivity contribution in [3.05, 3.63) is 44.1 Å². The average molecular weight is 124 g/mol. The topological polar surface area (TPSA) is 9.23 Å². The van der Waals surface area contributed by atoms with Crippen LogP contribution in [0, 0.1) is 0 Å². The molecule has 0 atom stereocenters. The highest BCUT2D eigenvalue weighted by Gasteiger charge is 1.45. The Morgan fingerprint density at radius 2 is 1.67 bits per heavy atom. The van der Waals surface area contributed by atoms with E-state index in [1.807, 2.05) is 6.92 Å². The van der Waals surface area contributed by atoms with Gasteiger partial charge in [-0.05, 0) is 13.0 Å². The molecule has 0 aromatic rings. The van der Waals surface area contributed by atoms with Crippen molar-refractivity contribution in [1.82, 2.24) is 0 Å². The molecule has 0 saturated carbocycles. The zero-order valence-electron chi connectivity index (χ0n) is 5.76. The zero-order valence-corrected chi connectivity index (χ0v) is 5.76. The Labute approximate surface area is 56.7 Å². The predicted octanol–water partition coefficient (Wildman–Crippen LogP) is 2.64. The number of hydrogen-bond acceptors (Lipinski definition) is 1. The molecule has 9 heavy (non-hydrogen) atoms. The standard InChI is InChI=1S/C4H6O.C4H6/c1-3-5-4-2;1-3-4-2/h3-4H,1-2H2;4H,1H2,2H3. The van der Waals surface area contributed by atoms with Crippen LogP contribution in [-0.2, 0) is 4.74 Å². The Kier molecular flexibility index (Phi) is 18.9. The highest BCUT2D eigenvalue weighted by Crippen LogP contribution is 1.65. The van der Waals surface area contributed by atoms with Gasteiger partial charge in [-0.25, -0.2) is 0 Å². The molecule has 0 aliphatic carbocycles. The molecule has 0 N–H and O–H groups in total. The van der Waals surface area contributed by atoms with Crippen molar-refractivity contribution in [2.24, 2.45) is 0 Å². The highest BCUT2D eigenvalue weighted by atomic mass is 16.5. The van der Waals surface area contributed by atoms with E-state index in [0.717, 1.165) is 0 Å². The van der Waals surface area contributed by atoms with E-state index in [1.54, 1.807) is 6.08 Å². The summed E-state index contributed by atoms with van der Waals surface area (Å²) in [5, 5.41) is 0. The van der Waals surface area contributed by atoms with Crippen LogP contribution in [0.5, 0.6) is 0 Å². The first kappa shape index (κ1) is 10.7. The molecule has 0 spiro atoms. The van der Waals surface area contributed by atoms with Gasteiger partial charge in [-0.15, -0.1) is 5.73 Å². The molecule has 0 amide bonds. The maximum atomic E-state index is 4.36. The van der Waals surface area contributed by atoms with E-state index in [9.17, 15) is 0 Å². The van der Waals surface area contributed by atoms with Crippen LogP contribution < -0.4 is 0 Å². The van der Waals surface area contributed by atoms with E-state index in [4.69, 9.17) is 0 Å². The van der Waals surface area contributed by atoms with Crippen LogP contribution in [0.15, 0.2) is 44.1 Å². The Bertz CT molecular complexity index is 102. The van der Waals surface area contributed by atoms with Crippen LogP contribution in [-0.4, -0.2) is 0 Å². The molecule has 0 unspecified atom stereocenters. The Morgan fingerprint density at radius 1 is 1.33 bits per heavy atom. The van der Waals surface area contributed by atoms with Crippen molar-refractivity contribution in [2.75, 3.05) is 0 Å². The molecular weight excluding hydrogens is 112 g/mol. The van der Waals surface area contributed by atoms with Crippen molar-refractivity contribution in [3.8, 4) is 0 Å². The highest BCUT2D eigenvalue weighted by molar-refractivity contribution is 4.67. The summed E-state index contributed by atoms with van der Waals surface area (Å²) in [5.74, 6) is 0. The molecule has 0 fully saturated rings. The monoisotopic (exact) mass is 124 g/mol. The van der Waals surface area contributed by atoms with Crippen LogP contribution in [0.2, 0.25) is 0 Å². The Balaban J connectivity index is 0. The van der Waals surface area contributed by atoms with Gasteiger partial charge in [0.1, 0.15) is 0 Å². The van der Waals surface area contributed by atoms with Crippen LogP contribution in [0.3, 0.4) is 0 Å². The quantitative estimate of drug-likeness (QED) is 0.406. The van der Waals surface area contributed by atoms with Gasteiger partial charge in [0.25, 0.3) is 0 Å². The van der Waals surface area contributed by atoms with Gasteiger partial charge in [-0.1, -0.05) is 19.7 Å². The van der Waals surface area contributed by atoms with Gasteiger partial charge >= 0.3 is 0 Å². The second-order valence-electron chi connectivity index (χ2n) is 0.962. The largest absolute Gasteiger partial charge is 0.474 e. The summed E-state index contributed by atoms with van der Waals surface area (Å²) in [7, 11) is 0. The molecule has 0 aromatic carbocycles. The Morgan fingerprint density at radius 3 is 1.67 bits per heavy atom. The van der Waals surface area contributed by atoms with Crippen molar-refractivity contribution in [2.45, 2.75) is 6.92 Å². The molecule has 0 bridgehead atoms. The normalized spacial score (nSPS) is 5.00. The number of rotatable bonds is 2. The predicted molar refractivity (Wildman–Crippen MR) is 40.9 cm³/mol. The van der Waals surface area contributed by atoms with Gasteiger partial charge in [0.2, 0.25) is 0 Å². The van der Waals surface area contributed by atoms with Crippen molar-refractivity contribution < 1.29 is 4.74 Å². The lowest BCUT2D eigenvalue weighted by molar-refractivity contribution is 0.406. The van der Waals surface area contributed by atoms with Crippen molar-refractivity contribution >= 4 is 0 Å². The fourth-order valence-corrected chi connectivity index (χ4v) is 0.0680. The summed E-state index contributed by atoms with van der Waals surface area (Å²) in [6, 6.07) is 0. The van der Waals surface area contributed by atoms with E-state index in [2.05, 4.69) is 30.2 Å². The number of allylic oxidation sites excluding steroid dienone is 1. The van der Waals surface area contributed by atoms with Gasteiger partial charge in [0, 0.05) is 0 Å². The summed E-state index contributed by atoms with van der Waals surface area (Å²) in [6.07, 6.45) is 4.39. The van der Waals surface area contributed by atoms with Crippen molar-refractivity contribution in [3.63, 3.8) is 0 Å². The molecule has 0 saturated heterocycles. The fourth-order valence-electron chi connectivity index (χ4n) is 0.0680. The maximum absolute atomic E-state index is 4.36. The summed E-state index contributed by atoms with van der Waals surface area (Å²) in [4.78, 5) is 0. The van der Waals surface area contributed by atoms with Gasteiger partial charge in [-0.3, -0.25) is 0 Å². The second-order valence-corrected chi connectivity index (χ2v) is 0.962. The SMILES string of the molecule is C=C=CC.C=COC=C. The first-order valence-electron chi connectivity index (χ1n) is 2.51. The van der Waals surface area contributed by atoms with Gasteiger partial charge in [0.05, 0.1) is 12.5 Å². The lowest BCUT2D eigenvalue weighted by atomic mass is 10.7. The summed E-state index contributed by atoms with van der Waals surface area (Å²) < 4.78 is 4.36. The molecule has 50 valence electrons. The van der Waals surface area contributed by atoms with Crippen LogP contribution in [0.4, 0.5) is 0 Å². The molecule has 0 radical (unpaired) electrons.